The second-order valence-corrected chi connectivity index (χ2v) is 3.63. The van der Waals surface area contributed by atoms with Crippen LogP contribution in [0, 0.1) is 0 Å². The monoisotopic (exact) mass is 206 g/mol. The minimum Gasteiger partial charge on any atom is -0.0984 e. The van der Waals surface area contributed by atoms with Gasteiger partial charge in [0.2, 0.25) is 0 Å². The van der Waals surface area contributed by atoms with Crippen LogP contribution in [0.3, 0.4) is 0 Å². The zero-order valence-corrected chi connectivity index (χ0v) is 9.24. The van der Waals surface area contributed by atoms with Crippen LogP contribution in [-0.2, 0) is 0 Å². The molecule has 0 amide bonds. The summed E-state index contributed by atoms with van der Waals surface area (Å²) in [6.45, 7) is 11.6. The van der Waals surface area contributed by atoms with Crippen molar-refractivity contribution in [1.82, 2.24) is 0 Å². The minimum atomic E-state index is 1.11. The third-order valence-electron chi connectivity index (χ3n) is 2.80. The summed E-state index contributed by atoms with van der Waals surface area (Å²) in [6, 6.07) is 10.4. The summed E-state index contributed by atoms with van der Waals surface area (Å²) < 4.78 is 0. The van der Waals surface area contributed by atoms with Gasteiger partial charge in [0.1, 0.15) is 0 Å². The summed E-state index contributed by atoms with van der Waals surface area (Å²) in [4.78, 5) is 0. The smallest absolute Gasteiger partial charge is 0.00333 e. The van der Waals surface area contributed by atoms with Gasteiger partial charge in [-0.25, -0.2) is 0 Å². The van der Waals surface area contributed by atoms with Crippen LogP contribution < -0.4 is 0 Å². The maximum Gasteiger partial charge on any atom is -0.00333 e. The molecule has 0 fully saturated rings. The molecule has 2 aromatic carbocycles. The van der Waals surface area contributed by atoms with E-state index in [0.29, 0.717) is 0 Å². The first-order valence-corrected chi connectivity index (χ1v) is 5.25. The number of hydrogen-bond donors (Lipinski definition) is 0. The Morgan fingerprint density at radius 3 is 2.12 bits per heavy atom. The van der Waals surface area contributed by atoms with E-state index < -0.39 is 0 Å². The molecule has 0 heteroatoms. The first kappa shape index (κ1) is 10.4. The Bertz CT molecular complexity index is 574. The van der Waals surface area contributed by atoms with Gasteiger partial charge in [0.15, 0.2) is 0 Å². The third kappa shape index (κ3) is 1.49. The van der Waals surface area contributed by atoms with E-state index in [-0.39, 0.29) is 0 Å². The summed E-state index contributed by atoms with van der Waals surface area (Å²) in [6.07, 6.45) is 5.62. The average molecular weight is 206 g/mol. The Kier molecular flexibility index (Phi) is 2.74. The van der Waals surface area contributed by atoms with E-state index in [1.807, 2.05) is 24.3 Å². The highest BCUT2D eigenvalue weighted by Crippen LogP contribution is 2.28. The Morgan fingerprint density at radius 2 is 1.50 bits per heavy atom. The Hall–Kier alpha value is -2.08. The summed E-state index contributed by atoms with van der Waals surface area (Å²) in [5, 5.41) is 2.41. The normalized spacial score (nSPS) is 10.0. The van der Waals surface area contributed by atoms with Gasteiger partial charge in [0.05, 0.1) is 0 Å². The van der Waals surface area contributed by atoms with E-state index in [2.05, 4.69) is 44.0 Å². The molecule has 0 atom stereocenters. The van der Waals surface area contributed by atoms with Crippen molar-refractivity contribution in [3.8, 4) is 0 Å². The van der Waals surface area contributed by atoms with Gasteiger partial charge in [-0.1, -0.05) is 68.3 Å². The quantitative estimate of drug-likeness (QED) is 0.678. The molecule has 0 saturated heterocycles. The fraction of sp³-hybridized carbons (Fsp3) is 0. The largest absolute Gasteiger partial charge is 0.0984 e. The van der Waals surface area contributed by atoms with Crippen LogP contribution in [0.4, 0.5) is 0 Å². The van der Waals surface area contributed by atoms with E-state index in [0.717, 1.165) is 16.7 Å². The van der Waals surface area contributed by atoms with Crippen molar-refractivity contribution in [2.75, 3.05) is 0 Å². The first-order chi connectivity index (χ1) is 7.81. The molecule has 0 N–H and O–H groups in total. The van der Waals surface area contributed by atoms with Gasteiger partial charge in [-0.2, -0.15) is 0 Å². The fourth-order valence-electron chi connectivity index (χ4n) is 2.02. The number of fused-ring (bicyclic) bond motifs is 1. The lowest BCUT2D eigenvalue weighted by Gasteiger charge is -2.09. The van der Waals surface area contributed by atoms with E-state index in [1.54, 1.807) is 0 Å². The standard InChI is InChI=1S/C16H14/c1-4-12-10-11-14-9-7-8-13(5-2)16(14)15(12)6-3/h4-11H,1-3H2. The predicted octanol–water partition coefficient (Wildman–Crippen LogP) is 4.77. The van der Waals surface area contributed by atoms with Crippen LogP contribution in [0.1, 0.15) is 16.7 Å². The lowest BCUT2D eigenvalue weighted by atomic mass is 9.95. The maximum absolute atomic E-state index is 3.88. The van der Waals surface area contributed by atoms with Crippen LogP contribution in [0.5, 0.6) is 0 Å². The SMILES string of the molecule is C=Cc1ccc2cccc(C=C)c2c1C=C. The van der Waals surface area contributed by atoms with E-state index >= 15 is 0 Å². The minimum absolute atomic E-state index is 1.11. The lowest BCUT2D eigenvalue weighted by Crippen LogP contribution is -1.86. The number of rotatable bonds is 3. The van der Waals surface area contributed by atoms with Crippen molar-refractivity contribution in [3.05, 3.63) is 66.8 Å². The van der Waals surface area contributed by atoms with E-state index in [9.17, 15) is 0 Å². The molecule has 0 heterocycles. The van der Waals surface area contributed by atoms with Gasteiger partial charge in [0.25, 0.3) is 0 Å². The molecule has 0 spiro atoms. The van der Waals surface area contributed by atoms with Gasteiger partial charge < -0.3 is 0 Å². The zero-order chi connectivity index (χ0) is 11.5. The number of benzene rings is 2. The van der Waals surface area contributed by atoms with E-state index in [4.69, 9.17) is 0 Å². The van der Waals surface area contributed by atoms with Gasteiger partial charge in [-0.05, 0) is 27.5 Å². The highest BCUT2D eigenvalue weighted by Gasteiger charge is 2.05. The van der Waals surface area contributed by atoms with Crippen LogP contribution in [0.2, 0.25) is 0 Å². The van der Waals surface area contributed by atoms with Gasteiger partial charge in [0, 0.05) is 0 Å². The van der Waals surface area contributed by atoms with Gasteiger partial charge in [-0.15, -0.1) is 0 Å². The van der Waals surface area contributed by atoms with Crippen LogP contribution >= 0.6 is 0 Å². The van der Waals surface area contributed by atoms with Crippen LogP contribution in [-0.4, -0.2) is 0 Å². The zero-order valence-electron chi connectivity index (χ0n) is 9.24. The third-order valence-corrected chi connectivity index (χ3v) is 2.80. The molecule has 0 unspecified atom stereocenters. The highest BCUT2D eigenvalue weighted by molar-refractivity contribution is 5.99. The molecule has 78 valence electrons. The molecule has 0 radical (unpaired) electrons. The lowest BCUT2D eigenvalue weighted by molar-refractivity contribution is 1.65. The Balaban J connectivity index is 2.99. The highest BCUT2D eigenvalue weighted by atomic mass is 14.1. The first-order valence-electron chi connectivity index (χ1n) is 5.25. The maximum atomic E-state index is 3.88. The molecular weight excluding hydrogens is 192 g/mol. The predicted molar refractivity (Wildman–Crippen MR) is 74.2 cm³/mol. The molecule has 0 aliphatic rings. The van der Waals surface area contributed by atoms with Crippen molar-refractivity contribution >= 4 is 29.0 Å². The average Bonchev–Trinajstić information content (AvgIpc) is 2.36. The summed E-state index contributed by atoms with van der Waals surface area (Å²) in [5.74, 6) is 0. The summed E-state index contributed by atoms with van der Waals surface area (Å²) >= 11 is 0. The molecule has 0 bridgehead atoms. The van der Waals surface area contributed by atoms with Crippen LogP contribution in [0.15, 0.2) is 50.1 Å². The van der Waals surface area contributed by atoms with Crippen LogP contribution in [0.25, 0.3) is 29.0 Å². The Labute approximate surface area is 96.2 Å². The molecule has 0 aliphatic heterocycles. The molecule has 0 aromatic heterocycles. The van der Waals surface area contributed by atoms with E-state index in [1.165, 1.54) is 10.8 Å². The topological polar surface area (TPSA) is 0 Å². The van der Waals surface area contributed by atoms with Crippen molar-refractivity contribution in [2.24, 2.45) is 0 Å². The molecule has 2 aromatic rings. The molecular formula is C16H14. The summed E-state index contributed by atoms with van der Waals surface area (Å²) in [7, 11) is 0. The molecule has 2 rings (SSSR count). The van der Waals surface area contributed by atoms with Gasteiger partial charge in [-0.3, -0.25) is 0 Å². The summed E-state index contributed by atoms with van der Waals surface area (Å²) in [5.41, 5.74) is 3.37. The number of hydrogen-bond acceptors (Lipinski definition) is 0. The molecule has 0 saturated carbocycles. The molecule has 0 nitrogen and oxygen atoms in total. The van der Waals surface area contributed by atoms with Crippen molar-refractivity contribution in [3.63, 3.8) is 0 Å². The van der Waals surface area contributed by atoms with Crippen molar-refractivity contribution in [1.29, 1.82) is 0 Å². The second-order valence-electron chi connectivity index (χ2n) is 3.63. The molecule has 0 aliphatic carbocycles. The fourth-order valence-corrected chi connectivity index (χ4v) is 2.02. The van der Waals surface area contributed by atoms with Crippen molar-refractivity contribution in [2.45, 2.75) is 0 Å². The van der Waals surface area contributed by atoms with Crippen molar-refractivity contribution < 1.29 is 0 Å². The Morgan fingerprint density at radius 1 is 0.750 bits per heavy atom. The van der Waals surface area contributed by atoms with Gasteiger partial charge >= 0.3 is 0 Å². The molecule has 16 heavy (non-hydrogen) atoms. The second kappa shape index (κ2) is 4.19.